The highest BCUT2D eigenvalue weighted by atomic mass is 16.1. The molecule has 1 amide bonds. The number of anilines is 1. The molecule has 1 N–H and O–H groups in total. The van der Waals surface area contributed by atoms with E-state index in [1.165, 1.54) is 0 Å². The molecule has 0 unspecified atom stereocenters. The molecular weight excluding hydrogens is 402 g/mol. The van der Waals surface area contributed by atoms with Gasteiger partial charge in [-0.05, 0) is 50.3 Å². The van der Waals surface area contributed by atoms with Crippen LogP contribution in [0.5, 0.6) is 0 Å². The van der Waals surface area contributed by atoms with E-state index in [1.807, 2.05) is 32.2 Å². The molecule has 3 aromatic rings. The van der Waals surface area contributed by atoms with Crippen LogP contribution < -0.4 is 10.2 Å². The first-order valence-corrected chi connectivity index (χ1v) is 11.3. The highest BCUT2D eigenvalue weighted by molar-refractivity contribution is 5.93. The highest BCUT2D eigenvalue weighted by Crippen LogP contribution is 2.29. The quantitative estimate of drug-likeness (QED) is 0.635. The molecule has 0 spiro atoms. The largest absolute Gasteiger partial charge is 0.349 e. The van der Waals surface area contributed by atoms with Gasteiger partial charge in [0, 0.05) is 55.5 Å². The zero-order chi connectivity index (χ0) is 22.7. The Labute approximate surface area is 189 Å². The summed E-state index contributed by atoms with van der Waals surface area (Å²) in [6.45, 7) is 10.0. The van der Waals surface area contributed by atoms with Gasteiger partial charge in [0.1, 0.15) is 0 Å². The molecule has 4 rings (SSSR count). The van der Waals surface area contributed by atoms with E-state index in [1.54, 1.807) is 29.5 Å². The lowest BCUT2D eigenvalue weighted by atomic mass is 10.00. The Kier molecular flexibility index (Phi) is 6.48. The summed E-state index contributed by atoms with van der Waals surface area (Å²) in [6, 6.07) is 4.36. The Hall–Kier alpha value is -3.29. The van der Waals surface area contributed by atoms with Crippen LogP contribution in [0, 0.1) is 0 Å². The molecule has 0 aromatic carbocycles. The van der Waals surface area contributed by atoms with Crippen molar-refractivity contribution in [2.24, 2.45) is 0 Å². The Morgan fingerprint density at radius 3 is 2.44 bits per heavy atom. The van der Waals surface area contributed by atoms with Gasteiger partial charge in [-0.25, -0.2) is 9.97 Å². The second kappa shape index (κ2) is 9.46. The van der Waals surface area contributed by atoms with E-state index in [9.17, 15) is 4.79 Å². The van der Waals surface area contributed by atoms with Crippen LogP contribution >= 0.6 is 0 Å². The number of nitrogens with one attached hydrogen (secondary N) is 1. The maximum atomic E-state index is 12.6. The molecule has 0 saturated carbocycles. The number of carbonyl (C=O) groups excluding carboxylic acids is 1. The summed E-state index contributed by atoms with van der Waals surface area (Å²) in [7, 11) is 0. The second-order valence-corrected chi connectivity index (χ2v) is 8.90. The average molecular weight is 434 g/mol. The van der Waals surface area contributed by atoms with Gasteiger partial charge in [0.25, 0.3) is 5.91 Å². The maximum absolute atomic E-state index is 12.6. The molecule has 1 aliphatic heterocycles. The summed E-state index contributed by atoms with van der Waals surface area (Å²) in [4.78, 5) is 28.5. The number of aromatic nitrogens is 5. The summed E-state index contributed by atoms with van der Waals surface area (Å²) >= 11 is 0. The van der Waals surface area contributed by atoms with E-state index >= 15 is 0 Å². The van der Waals surface area contributed by atoms with Crippen LogP contribution in [0.15, 0.2) is 43.1 Å². The fourth-order valence-corrected chi connectivity index (χ4v) is 3.96. The minimum absolute atomic E-state index is 0.0598. The number of piperidine rings is 1. The van der Waals surface area contributed by atoms with Gasteiger partial charge in [-0.15, -0.1) is 0 Å². The lowest BCUT2D eigenvalue weighted by molar-refractivity contribution is 0.0931. The van der Waals surface area contributed by atoms with Crippen LogP contribution in [0.4, 0.5) is 5.95 Å². The van der Waals surface area contributed by atoms with E-state index in [2.05, 4.69) is 39.1 Å². The van der Waals surface area contributed by atoms with E-state index in [0.717, 1.165) is 48.7 Å². The van der Waals surface area contributed by atoms with Gasteiger partial charge in [0.05, 0.1) is 17.5 Å². The van der Waals surface area contributed by atoms with Crippen molar-refractivity contribution < 1.29 is 4.79 Å². The van der Waals surface area contributed by atoms with Crippen molar-refractivity contribution in [1.29, 1.82) is 0 Å². The van der Waals surface area contributed by atoms with E-state index < -0.39 is 0 Å². The molecular formula is C24H31N7O. The SMILES string of the molecule is CC(C)c1nc(N2CCC(NC(=O)c3cnn(C(C)C)c3)CC2)ncc1-c1ccncc1. The summed E-state index contributed by atoms with van der Waals surface area (Å²) in [5.41, 5.74) is 3.78. The first-order chi connectivity index (χ1) is 15.4. The number of amides is 1. The van der Waals surface area contributed by atoms with Gasteiger partial charge in [0.2, 0.25) is 5.95 Å². The van der Waals surface area contributed by atoms with Crippen molar-refractivity contribution in [1.82, 2.24) is 30.0 Å². The lowest BCUT2D eigenvalue weighted by Gasteiger charge is -2.32. The van der Waals surface area contributed by atoms with Crippen molar-refractivity contribution in [2.45, 2.75) is 58.5 Å². The minimum atomic E-state index is -0.0598. The predicted octanol–water partition coefficient (Wildman–Crippen LogP) is 3.84. The zero-order valence-corrected chi connectivity index (χ0v) is 19.2. The molecule has 1 saturated heterocycles. The smallest absolute Gasteiger partial charge is 0.254 e. The van der Waals surface area contributed by atoms with Crippen molar-refractivity contribution in [3.05, 3.63) is 54.4 Å². The Morgan fingerprint density at radius 2 is 1.81 bits per heavy atom. The Balaban J connectivity index is 1.40. The molecule has 32 heavy (non-hydrogen) atoms. The summed E-state index contributed by atoms with van der Waals surface area (Å²) in [5.74, 6) is 0.980. The van der Waals surface area contributed by atoms with Gasteiger partial charge in [0.15, 0.2) is 0 Å². The minimum Gasteiger partial charge on any atom is -0.349 e. The first kappa shape index (κ1) is 21.9. The molecule has 0 aliphatic carbocycles. The zero-order valence-electron chi connectivity index (χ0n) is 19.2. The van der Waals surface area contributed by atoms with Crippen molar-refractivity contribution in [3.63, 3.8) is 0 Å². The monoisotopic (exact) mass is 433 g/mol. The fraction of sp³-hybridized carbons (Fsp3) is 0.458. The molecule has 8 nitrogen and oxygen atoms in total. The van der Waals surface area contributed by atoms with Gasteiger partial charge in [-0.2, -0.15) is 5.10 Å². The lowest BCUT2D eigenvalue weighted by Crippen LogP contribution is -2.45. The van der Waals surface area contributed by atoms with Gasteiger partial charge in [-0.1, -0.05) is 13.8 Å². The molecule has 0 bridgehead atoms. The first-order valence-electron chi connectivity index (χ1n) is 11.3. The summed E-state index contributed by atoms with van der Waals surface area (Å²) in [5, 5.41) is 7.41. The number of pyridine rings is 1. The molecule has 1 aliphatic rings. The molecule has 168 valence electrons. The van der Waals surface area contributed by atoms with Crippen LogP contribution in [0.25, 0.3) is 11.1 Å². The van der Waals surface area contributed by atoms with Crippen molar-refractivity contribution in [2.75, 3.05) is 18.0 Å². The van der Waals surface area contributed by atoms with Gasteiger partial charge < -0.3 is 10.2 Å². The molecule has 1 fully saturated rings. The second-order valence-electron chi connectivity index (χ2n) is 8.90. The van der Waals surface area contributed by atoms with E-state index in [4.69, 9.17) is 4.98 Å². The van der Waals surface area contributed by atoms with Crippen LogP contribution in [-0.4, -0.2) is 49.8 Å². The van der Waals surface area contributed by atoms with Crippen LogP contribution in [0.2, 0.25) is 0 Å². The number of carbonyl (C=O) groups is 1. The highest BCUT2D eigenvalue weighted by Gasteiger charge is 2.24. The molecule has 0 radical (unpaired) electrons. The maximum Gasteiger partial charge on any atom is 0.254 e. The van der Waals surface area contributed by atoms with Crippen LogP contribution in [0.1, 0.15) is 68.5 Å². The van der Waals surface area contributed by atoms with Crippen molar-refractivity contribution >= 4 is 11.9 Å². The number of hydrogen-bond acceptors (Lipinski definition) is 6. The number of hydrogen-bond donors (Lipinski definition) is 1. The average Bonchev–Trinajstić information content (AvgIpc) is 3.31. The van der Waals surface area contributed by atoms with Gasteiger partial charge in [-0.3, -0.25) is 14.5 Å². The van der Waals surface area contributed by atoms with Crippen molar-refractivity contribution in [3.8, 4) is 11.1 Å². The molecule has 0 atom stereocenters. The Morgan fingerprint density at radius 1 is 1.09 bits per heavy atom. The summed E-state index contributed by atoms with van der Waals surface area (Å²) < 4.78 is 1.80. The van der Waals surface area contributed by atoms with Crippen LogP contribution in [0.3, 0.4) is 0 Å². The third-order valence-corrected chi connectivity index (χ3v) is 5.85. The fourth-order valence-electron chi connectivity index (χ4n) is 3.96. The van der Waals surface area contributed by atoms with E-state index in [-0.39, 0.29) is 23.9 Å². The number of nitrogens with zero attached hydrogens (tertiary/aromatic N) is 6. The van der Waals surface area contributed by atoms with E-state index in [0.29, 0.717) is 5.56 Å². The number of rotatable bonds is 6. The standard InChI is InChI=1S/C24H31N7O/c1-16(2)22-21(18-5-9-25-10-6-18)14-26-24(29-22)30-11-7-20(8-12-30)28-23(32)19-13-27-31(15-19)17(3)4/h5-6,9-10,13-17,20H,7-8,11-12H2,1-4H3,(H,28,32). The predicted molar refractivity (Wildman–Crippen MR) is 125 cm³/mol. The molecule has 3 aromatic heterocycles. The molecule has 8 heteroatoms. The van der Waals surface area contributed by atoms with Crippen LogP contribution in [-0.2, 0) is 0 Å². The topological polar surface area (TPSA) is 88.8 Å². The Bertz CT molecular complexity index is 1050. The summed E-state index contributed by atoms with van der Waals surface area (Å²) in [6.07, 6.45) is 10.7. The third kappa shape index (κ3) is 4.79. The normalized spacial score (nSPS) is 14.9. The molecule has 4 heterocycles. The van der Waals surface area contributed by atoms with Gasteiger partial charge >= 0.3 is 0 Å². The third-order valence-electron chi connectivity index (χ3n) is 5.85.